The van der Waals surface area contributed by atoms with Gasteiger partial charge in [-0.1, -0.05) is 0 Å². The second-order valence-corrected chi connectivity index (χ2v) is 2.08. The molecule has 0 unspecified atom stereocenters. The topological polar surface area (TPSA) is 49.3 Å². The van der Waals surface area contributed by atoms with Gasteiger partial charge in [-0.05, 0) is 19.3 Å². The highest BCUT2D eigenvalue weighted by molar-refractivity contribution is 5.64. The average Bonchev–Trinajstić information content (AvgIpc) is 1.55. The Morgan fingerprint density at radius 3 is 2.38 bits per heavy atom. The third-order valence-corrected chi connectivity index (χ3v) is 1.43. The Labute approximate surface area is 47.7 Å². The molecule has 0 heterocycles. The van der Waals surface area contributed by atoms with Gasteiger partial charge in [-0.3, -0.25) is 0 Å². The monoisotopic (exact) mass is 115 g/mol. The van der Waals surface area contributed by atoms with E-state index in [1.807, 2.05) is 0 Å². The summed E-state index contributed by atoms with van der Waals surface area (Å²) in [4.78, 5) is 9.89. The van der Waals surface area contributed by atoms with Gasteiger partial charge in [-0.2, -0.15) is 0 Å². The zero-order chi connectivity index (χ0) is 5.98. The highest BCUT2D eigenvalue weighted by Gasteiger charge is 2.18. The summed E-state index contributed by atoms with van der Waals surface area (Å²) in [5.74, 6) is 0. The SMILES string of the molecule is O=C(O)NC1CCC1. The fraction of sp³-hybridized carbons (Fsp3) is 0.800. The van der Waals surface area contributed by atoms with Gasteiger partial charge in [0.15, 0.2) is 0 Å². The lowest BCUT2D eigenvalue weighted by Crippen LogP contribution is -2.38. The molecule has 0 bridgehead atoms. The van der Waals surface area contributed by atoms with Crippen LogP contribution in [0.4, 0.5) is 4.79 Å². The number of hydrogen-bond donors (Lipinski definition) is 2. The van der Waals surface area contributed by atoms with Crippen LogP contribution in [0.15, 0.2) is 0 Å². The van der Waals surface area contributed by atoms with E-state index < -0.39 is 6.09 Å². The quantitative estimate of drug-likeness (QED) is 0.531. The lowest BCUT2D eigenvalue weighted by Gasteiger charge is -2.24. The standard InChI is InChI=1S/C5H9NO2/c7-5(8)6-4-2-1-3-4/h4,6H,1-3H2,(H,7,8). The molecule has 8 heavy (non-hydrogen) atoms. The summed E-state index contributed by atoms with van der Waals surface area (Å²) in [6.07, 6.45) is 2.32. The molecule has 0 atom stereocenters. The maximum Gasteiger partial charge on any atom is 0.404 e. The van der Waals surface area contributed by atoms with Crippen LogP contribution in [0.3, 0.4) is 0 Å². The molecule has 0 aromatic carbocycles. The van der Waals surface area contributed by atoms with Crippen molar-refractivity contribution in [1.82, 2.24) is 5.32 Å². The number of carboxylic acid groups (broad SMARTS) is 1. The maximum atomic E-state index is 9.89. The zero-order valence-corrected chi connectivity index (χ0v) is 4.55. The smallest absolute Gasteiger partial charge is 0.404 e. The first-order chi connectivity index (χ1) is 3.79. The van der Waals surface area contributed by atoms with Crippen molar-refractivity contribution in [1.29, 1.82) is 0 Å². The Morgan fingerprint density at radius 1 is 1.62 bits per heavy atom. The van der Waals surface area contributed by atoms with Crippen molar-refractivity contribution < 1.29 is 9.90 Å². The Bertz CT molecular complexity index is 98.6. The van der Waals surface area contributed by atoms with Crippen LogP contribution in [0.25, 0.3) is 0 Å². The van der Waals surface area contributed by atoms with Crippen LogP contribution < -0.4 is 5.32 Å². The van der Waals surface area contributed by atoms with Crippen LogP contribution >= 0.6 is 0 Å². The van der Waals surface area contributed by atoms with Gasteiger partial charge in [-0.25, -0.2) is 4.79 Å². The molecular weight excluding hydrogens is 106 g/mol. The first-order valence-electron chi connectivity index (χ1n) is 2.78. The van der Waals surface area contributed by atoms with Crippen molar-refractivity contribution in [3.63, 3.8) is 0 Å². The summed E-state index contributed by atoms with van der Waals surface area (Å²) in [6, 6.07) is 0.257. The Morgan fingerprint density at radius 2 is 2.25 bits per heavy atom. The summed E-state index contributed by atoms with van der Waals surface area (Å²) in [7, 11) is 0. The van der Waals surface area contributed by atoms with Crippen molar-refractivity contribution in [3.8, 4) is 0 Å². The molecule has 1 aliphatic rings. The third kappa shape index (κ3) is 1.12. The minimum absolute atomic E-state index is 0.257. The van der Waals surface area contributed by atoms with E-state index in [-0.39, 0.29) is 6.04 Å². The summed E-state index contributed by atoms with van der Waals surface area (Å²) in [6.45, 7) is 0. The van der Waals surface area contributed by atoms with E-state index in [9.17, 15) is 4.79 Å². The molecule has 1 rings (SSSR count). The normalized spacial score (nSPS) is 19.5. The lowest BCUT2D eigenvalue weighted by atomic mass is 9.93. The molecule has 46 valence electrons. The Hall–Kier alpha value is -0.730. The summed E-state index contributed by atoms with van der Waals surface area (Å²) >= 11 is 0. The van der Waals surface area contributed by atoms with Crippen LogP contribution in [0.1, 0.15) is 19.3 Å². The van der Waals surface area contributed by atoms with E-state index in [1.165, 1.54) is 6.42 Å². The largest absolute Gasteiger partial charge is 0.465 e. The number of rotatable bonds is 1. The first kappa shape index (κ1) is 5.41. The van der Waals surface area contributed by atoms with Crippen LogP contribution in [-0.4, -0.2) is 17.2 Å². The predicted octanol–water partition coefficient (Wildman–Crippen LogP) is 0.806. The number of carbonyl (C=O) groups is 1. The Kier molecular flexibility index (Phi) is 1.37. The van der Waals surface area contributed by atoms with Gasteiger partial charge in [0.2, 0.25) is 0 Å². The van der Waals surface area contributed by atoms with Gasteiger partial charge in [0.1, 0.15) is 0 Å². The molecule has 0 aliphatic heterocycles. The van der Waals surface area contributed by atoms with Crippen molar-refractivity contribution in [3.05, 3.63) is 0 Å². The molecule has 3 nitrogen and oxygen atoms in total. The number of nitrogens with one attached hydrogen (secondary N) is 1. The number of hydrogen-bond acceptors (Lipinski definition) is 1. The van der Waals surface area contributed by atoms with Gasteiger partial charge < -0.3 is 10.4 Å². The van der Waals surface area contributed by atoms with E-state index in [4.69, 9.17) is 5.11 Å². The van der Waals surface area contributed by atoms with Crippen LogP contribution in [-0.2, 0) is 0 Å². The summed E-state index contributed by atoms with van der Waals surface area (Å²) in [5, 5.41) is 10.5. The second-order valence-electron chi connectivity index (χ2n) is 2.08. The minimum atomic E-state index is -0.894. The van der Waals surface area contributed by atoms with Gasteiger partial charge >= 0.3 is 6.09 Å². The number of amides is 1. The molecule has 0 spiro atoms. The van der Waals surface area contributed by atoms with Gasteiger partial charge in [0.25, 0.3) is 0 Å². The first-order valence-corrected chi connectivity index (χ1v) is 2.78. The molecule has 1 amide bonds. The Balaban J connectivity index is 2.09. The van der Waals surface area contributed by atoms with Crippen molar-refractivity contribution in [2.45, 2.75) is 25.3 Å². The third-order valence-electron chi connectivity index (χ3n) is 1.43. The van der Waals surface area contributed by atoms with Crippen LogP contribution in [0.5, 0.6) is 0 Å². The van der Waals surface area contributed by atoms with E-state index >= 15 is 0 Å². The highest BCUT2D eigenvalue weighted by Crippen LogP contribution is 2.17. The van der Waals surface area contributed by atoms with Gasteiger partial charge in [0, 0.05) is 6.04 Å². The molecule has 1 fully saturated rings. The molecule has 2 N–H and O–H groups in total. The molecule has 0 radical (unpaired) electrons. The molecule has 1 aliphatic carbocycles. The van der Waals surface area contributed by atoms with Crippen molar-refractivity contribution in [2.24, 2.45) is 0 Å². The van der Waals surface area contributed by atoms with Crippen molar-refractivity contribution >= 4 is 6.09 Å². The summed E-state index contributed by atoms with van der Waals surface area (Å²) < 4.78 is 0. The van der Waals surface area contributed by atoms with E-state index in [0.29, 0.717) is 0 Å². The van der Waals surface area contributed by atoms with E-state index in [0.717, 1.165) is 12.8 Å². The molecule has 0 aromatic rings. The molecule has 0 aromatic heterocycles. The van der Waals surface area contributed by atoms with Crippen LogP contribution in [0.2, 0.25) is 0 Å². The van der Waals surface area contributed by atoms with E-state index in [2.05, 4.69) is 5.32 Å². The lowest BCUT2D eigenvalue weighted by molar-refractivity contribution is 0.182. The molecular formula is C5H9NO2. The van der Waals surface area contributed by atoms with Gasteiger partial charge in [-0.15, -0.1) is 0 Å². The minimum Gasteiger partial charge on any atom is -0.465 e. The molecule has 1 saturated carbocycles. The van der Waals surface area contributed by atoms with Crippen molar-refractivity contribution in [2.75, 3.05) is 0 Å². The zero-order valence-electron chi connectivity index (χ0n) is 4.55. The van der Waals surface area contributed by atoms with Gasteiger partial charge in [0.05, 0.1) is 0 Å². The van der Waals surface area contributed by atoms with Crippen LogP contribution in [0, 0.1) is 0 Å². The van der Waals surface area contributed by atoms with E-state index in [1.54, 1.807) is 0 Å². The molecule has 3 heteroatoms. The second kappa shape index (κ2) is 2.03. The highest BCUT2D eigenvalue weighted by atomic mass is 16.4. The fourth-order valence-electron chi connectivity index (χ4n) is 0.727. The predicted molar refractivity (Wildman–Crippen MR) is 28.8 cm³/mol. The fourth-order valence-corrected chi connectivity index (χ4v) is 0.727. The average molecular weight is 115 g/mol. The summed E-state index contributed by atoms with van der Waals surface area (Å²) in [5.41, 5.74) is 0. The molecule has 0 saturated heterocycles. The maximum absolute atomic E-state index is 9.89.